The lowest BCUT2D eigenvalue weighted by molar-refractivity contribution is 0.0948. The molecule has 10 heteroatoms. The summed E-state index contributed by atoms with van der Waals surface area (Å²) in [7, 11) is -3.69. The van der Waals surface area contributed by atoms with Crippen molar-refractivity contribution < 1.29 is 13.2 Å². The third-order valence-corrected chi connectivity index (χ3v) is 9.56. The average molecular weight is 564 g/mol. The number of amides is 1. The molecule has 2 N–H and O–H groups in total. The van der Waals surface area contributed by atoms with Gasteiger partial charge in [-0.25, -0.2) is 13.4 Å². The van der Waals surface area contributed by atoms with E-state index in [1.165, 1.54) is 15.8 Å². The van der Waals surface area contributed by atoms with Crippen molar-refractivity contribution in [3.63, 3.8) is 0 Å². The van der Waals surface area contributed by atoms with E-state index in [1.807, 2.05) is 6.92 Å². The number of carbonyl (C=O) groups is 1. The number of fused-ring (bicyclic) bond motifs is 1. The first kappa shape index (κ1) is 27.1. The maximum atomic E-state index is 12.6. The smallest absolute Gasteiger partial charge is 0.261 e. The largest absolute Gasteiger partial charge is 0.351 e. The third-order valence-electron chi connectivity index (χ3n) is 6.90. The highest BCUT2D eigenvalue weighted by molar-refractivity contribution is 7.92. The van der Waals surface area contributed by atoms with Crippen LogP contribution in [0.25, 0.3) is 10.2 Å². The van der Waals surface area contributed by atoms with Crippen LogP contribution in [0.3, 0.4) is 0 Å². The van der Waals surface area contributed by atoms with Crippen LogP contribution < -0.4 is 14.9 Å². The Morgan fingerprint density at radius 3 is 2.31 bits per heavy atom. The minimum atomic E-state index is -3.69. The average Bonchev–Trinajstić information content (AvgIpc) is 3.34. The number of aryl methyl sites for hydroxylation is 3. The van der Waals surface area contributed by atoms with Crippen LogP contribution in [0.15, 0.2) is 65.6 Å². The molecular formula is C29H33N5O3S2. The van der Waals surface area contributed by atoms with Crippen LogP contribution in [0, 0.1) is 20.8 Å². The number of anilines is 2. The highest BCUT2D eigenvalue weighted by Gasteiger charge is 2.20. The van der Waals surface area contributed by atoms with Crippen molar-refractivity contribution in [3.05, 3.63) is 82.9 Å². The first-order valence-electron chi connectivity index (χ1n) is 13.0. The molecule has 1 aliphatic rings. The lowest BCUT2D eigenvalue weighted by Crippen LogP contribution is -2.48. The molecule has 0 unspecified atom stereocenters. The predicted molar refractivity (Wildman–Crippen MR) is 159 cm³/mol. The maximum Gasteiger partial charge on any atom is 0.261 e. The molecule has 0 aliphatic carbocycles. The predicted octanol–water partition coefficient (Wildman–Crippen LogP) is 4.57. The number of nitrogens with one attached hydrogen (secondary N) is 2. The first-order chi connectivity index (χ1) is 18.7. The van der Waals surface area contributed by atoms with Gasteiger partial charge in [0, 0.05) is 50.5 Å². The van der Waals surface area contributed by atoms with E-state index in [9.17, 15) is 13.2 Å². The molecule has 4 aromatic rings. The van der Waals surface area contributed by atoms with Crippen molar-refractivity contribution in [2.24, 2.45) is 0 Å². The summed E-state index contributed by atoms with van der Waals surface area (Å²) in [6.45, 7) is 11.1. The molecule has 1 aromatic heterocycles. The Hall–Kier alpha value is -3.47. The van der Waals surface area contributed by atoms with E-state index in [1.54, 1.807) is 59.9 Å². The Labute approximate surface area is 233 Å². The van der Waals surface area contributed by atoms with Crippen LogP contribution in [0.5, 0.6) is 0 Å². The number of carbonyl (C=O) groups excluding carboxylic acids is 1. The van der Waals surface area contributed by atoms with Gasteiger partial charge in [-0.15, -0.1) is 0 Å². The number of piperazine rings is 1. The van der Waals surface area contributed by atoms with Gasteiger partial charge in [0.25, 0.3) is 15.9 Å². The van der Waals surface area contributed by atoms with Crippen LogP contribution in [0.4, 0.5) is 10.8 Å². The van der Waals surface area contributed by atoms with Crippen LogP contribution >= 0.6 is 11.3 Å². The van der Waals surface area contributed by atoms with Crippen LogP contribution in [0.1, 0.15) is 27.0 Å². The Morgan fingerprint density at radius 2 is 1.62 bits per heavy atom. The molecule has 3 aromatic carbocycles. The van der Waals surface area contributed by atoms with Crippen molar-refractivity contribution >= 4 is 48.3 Å². The summed E-state index contributed by atoms with van der Waals surface area (Å²) in [6.07, 6.45) is 0. The number of benzene rings is 3. The Kier molecular flexibility index (Phi) is 7.88. The number of nitrogens with zero attached hydrogens (tertiary/aromatic N) is 3. The number of rotatable bonds is 8. The van der Waals surface area contributed by atoms with Gasteiger partial charge < -0.3 is 10.2 Å². The highest BCUT2D eigenvalue weighted by atomic mass is 32.2. The maximum absolute atomic E-state index is 12.6. The lowest BCUT2D eigenvalue weighted by Gasteiger charge is -2.34. The van der Waals surface area contributed by atoms with Gasteiger partial charge in [0.2, 0.25) is 0 Å². The molecule has 204 valence electrons. The molecule has 2 heterocycles. The van der Waals surface area contributed by atoms with Crippen molar-refractivity contribution in [1.82, 2.24) is 15.2 Å². The van der Waals surface area contributed by atoms with Gasteiger partial charge in [0.1, 0.15) is 0 Å². The Bertz CT molecular complexity index is 1570. The SMILES string of the molecule is Cc1ccc(S(=O)(=O)Nc2ccc(C(=O)NCCN3CCN(c4nc5cc(C)cc(C)c5s4)CC3)cc2)cc1. The quantitative estimate of drug-likeness (QED) is 0.326. The van der Waals surface area contributed by atoms with Gasteiger partial charge in [-0.2, -0.15) is 0 Å². The van der Waals surface area contributed by atoms with Gasteiger partial charge in [-0.1, -0.05) is 35.1 Å². The summed E-state index contributed by atoms with van der Waals surface area (Å²) in [6, 6.07) is 17.5. The number of hydrogen-bond donors (Lipinski definition) is 2. The second-order valence-electron chi connectivity index (χ2n) is 10.0. The van der Waals surface area contributed by atoms with Crippen molar-refractivity contribution in [2.75, 3.05) is 48.9 Å². The molecule has 1 saturated heterocycles. The fourth-order valence-corrected chi connectivity index (χ4v) is 6.84. The number of thiazole rings is 1. The van der Waals surface area contributed by atoms with Gasteiger partial charge in [0.15, 0.2) is 5.13 Å². The first-order valence-corrected chi connectivity index (χ1v) is 15.3. The van der Waals surface area contributed by atoms with Crippen molar-refractivity contribution in [3.8, 4) is 0 Å². The molecule has 0 bridgehead atoms. The van der Waals surface area contributed by atoms with E-state index < -0.39 is 10.0 Å². The van der Waals surface area contributed by atoms with Crippen LogP contribution in [-0.2, 0) is 10.0 Å². The summed E-state index contributed by atoms with van der Waals surface area (Å²) in [5.74, 6) is -0.179. The van der Waals surface area contributed by atoms with Crippen molar-refractivity contribution in [2.45, 2.75) is 25.7 Å². The van der Waals surface area contributed by atoms with Gasteiger partial charge in [0.05, 0.1) is 15.1 Å². The molecule has 39 heavy (non-hydrogen) atoms. The van der Waals surface area contributed by atoms with E-state index in [2.05, 4.69) is 45.8 Å². The molecule has 0 radical (unpaired) electrons. The normalized spacial score (nSPS) is 14.5. The Morgan fingerprint density at radius 1 is 0.923 bits per heavy atom. The molecule has 1 amide bonds. The number of aromatic nitrogens is 1. The fraction of sp³-hybridized carbons (Fsp3) is 0.310. The summed E-state index contributed by atoms with van der Waals surface area (Å²) in [5.41, 5.74) is 5.47. The monoisotopic (exact) mass is 563 g/mol. The molecular weight excluding hydrogens is 530 g/mol. The third kappa shape index (κ3) is 6.41. The van der Waals surface area contributed by atoms with Crippen LogP contribution in [0.2, 0.25) is 0 Å². The van der Waals surface area contributed by atoms with Gasteiger partial charge in [-0.3, -0.25) is 14.4 Å². The molecule has 0 atom stereocenters. The molecule has 0 spiro atoms. The van der Waals surface area contributed by atoms with Crippen molar-refractivity contribution in [1.29, 1.82) is 0 Å². The van der Waals surface area contributed by atoms with E-state index in [-0.39, 0.29) is 10.8 Å². The summed E-state index contributed by atoms with van der Waals surface area (Å²) >= 11 is 1.76. The fourth-order valence-electron chi connectivity index (χ4n) is 4.71. The molecule has 1 fully saturated rings. The minimum Gasteiger partial charge on any atom is -0.351 e. The zero-order valence-corrected chi connectivity index (χ0v) is 24.0. The highest BCUT2D eigenvalue weighted by Crippen LogP contribution is 2.32. The number of hydrogen-bond acceptors (Lipinski definition) is 7. The number of sulfonamides is 1. The Balaban J connectivity index is 1.08. The molecule has 1 aliphatic heterocycles. The van der Waals surface area contributed by atoms with E-state index in [0.29, 0.717) is 17.8 Å². The summed E-state index contributed by atoms with van der Waals surface area (Å²) < 4.78 is 29.0. The van der Waals surface area contributed by atoms with Gasteiger partial charge >= 0.3 is 0 Å². The second kappa shape index (κ2) is 11.3. The van der Waals surface area contributed by atoms with Gasteiger partial charge in [-0.05, 0) is 74.4 Å². The minimum absolute atomic E-state index is 0.179. The molecule has 0 saturated carbocycles. The zero-order valence-electron chi connectivity index (χ0n) is 22.4. The standard InChI is InChI=1S/C29H33N5O3S2/c1-20-4-10-25(11-5-20)39(36,37)32-24-8-6-23(7-9-24)28(35)30-12-13-33-14-16-34(17-15-33)29-31-26-19-21(2)18-22(3)27(26)38-29/h4-11,18-19,32H,12-17H2,1-3H3,(H,30,35). The summed E-state index contributed by atoms with van der Waals surface area (Å²) in [4.78, 5) is 22.4. The zero-order chi connectivity index (χ0) is 27.6. The van der Waals surface area contributed by atoms with E-state index >= 15 is 0 Å². The lowest BCUT2D eigenvalue weighted by atomic mass is 10.1. The van der Waals surface area contributed by atoms with Crippen LogP contribution in [-0.4, -0.2) is 63.5 Å². The summed E-state index contributed by atoms with van der Waals surface area (Å²) in [5, 5.41) is 4.05. The van der Waals surface area contributed by atoms with E-state index in [0.717, 1.165) is 48.9 Å². The molecule has 5 rings (SSSR count). The topological polar surface area (TPSA) is 94.6 Å². The molecule has 8 nitrogen and oxygen atoms in total. The van der Waals surface area contributed by atoms with E-state index in [4.69, 9.17) is 4.98 Å². The second-order valence-corrected chi connectivity index (χ2v) is 12.7.